The molecular weight excluding hydrogens is 375 g/mol. The number of halogens is 3. The molecule has 0 bridgehead atoms. The van der Waals surface area contributed by atoms with Crippen molar-refractivity contribution in [1.82, 2.24) is 30.1 Å². The minimum Gasteiger partial charge on any atom is -0.352 e. The molecule has 0 radical (unpaired) electrons. The Hall–Kier alpha value is -2.85. The van der Waals surface area contributed by atoms with E-state index in [1.54, 1.807) is 11.9 Å². The molecule has 0 saturated carbocycles. The topological polar surface area (TPSA) is 86.9 Å². The SMILES string of the molecule is CCC(=O)N1CCC(NC(=NC)NCc2nnc3ccc(C(F)(F)F)cn23)C1. The zero-order valence-electron chi connectivity index (χ0n) is 15.6. The van der Waals surface area contributed by atoms with Crippen LogP contribution in [0.1, 0.15) is 31.2 Å². The van der Waals surface area contributed by atoms with Crippen molar-refractivity contribution in [2.75, 3.05) is 20.1 Å². The van der Waals surface area contributed by atoms with E-state index in [9.17, 15) is 18.0 Å². The van der Waals surface area contributed by atoms with Crippen molar-refractivity contribution in [1.29, 1.82) is 0 Å². The second kappa shape index (κ2) is 8.03. The monoisotopic (exact) mass is 397 g/mol. The third-order valence-electron chi connectivity index (χ3n) is 4.62. The molecule has 0 spiro atoms. The number of hydrogen-bond acceptors (Lipinski definition) is 4. The molecular formula is C17H22F3N7O. The van der Waals surface area contributed by atoms with Gasteiger partial charge in [-0.3, -0.25) is 14.2 Å². The molecule has 1 aliphatic rings. The fraction of sp³-hybridized carbons (Fsp3) is 0.529. The maximum Gasteiger partial charge on any atom is 0.417 e. The van der Waals surface area contributed by atoms with Crippen LogP contribution in [0.3, 0.4) is 0 Å². The first-order chi connectivity index (χ1) is 13.3. The quantitative estimate of drug-likeness (QED) is 0.602. The second-order valence-electron chi connectivity index (χ2n) is 6.51. The number of likely N-dealkylation sites (tertiary alicyclic amines) is 1. The Morgan fingerprint density at radius 2 is 2.14 bits per heavy atom. The highest BCUT2D eigenvalue weighted by molar-refractivity contribution is 5.80. The standard InChI is InChI=1S/C17H22F3N7O/c1-3-15(28)26-7-6-12(10-26)23-16(21-2)22-8-14-25-24-13-5-4-11(9-27(13)14)17(18,19)20/h4-5,9,12H,3,6-8,10H2,1-2H3,(H2,21,22,23). The molecule has 3 heterocycles. The number of pyridine rings is 1. The Morgan fingerprint density at radius 1 is 1.36 bits per heavy atom. The van der Waals surface area contributed by atoms with E-state index < -0.39 is 11.7 Å². The second-order valence-corrected chi connectivity index (χ2v) is 6.51. The number of nitrogens with zero attached hydrogens (tertiary/aromatic N) is 5. The molecule has 8 nitrogen and oxygen atoms in total. The van der Waals surface area contributed by atoms with Gasteiger partial charge in [0.1, 0.15) is 0 Å². The molecule has 11 heteroatoms. The lowest BCUT2D eigenvalue weighted by Gasteiger charge is -2.18. The maximum absolute atomic E-state index is 12.9. The third kappa shape index (κ3) is 4.34. The van der Waals surface area contributed by atoms with Gasteiger partial charge in [0.2, 0.25) is 5.91 Å². The van der Waals surface area contributed by atoms with Gasteiger partial charge in [0.25, 0.3) is 0 Å². The number of amides is 1. The first-order valence-corrected chi connectivity index (χ1v) is 8.97. The number of hydrogen-bond donors (Lipinski definition) is 2. The lowest BCUT2D eigenvalue weighted by Crippen LogP contribution is -2.44. The first kappa shape index (κ1) is 19.9. The highest BCUT2D eigenvalue weighted by Crippen LogP contribution is 2.29. The Bertz CT molecular complexity index is 877. The summed E-state index contributed by atoms with van der Waals surface area (Å²) in [6.45, 7) is 3.26. The van der Waals surface area contributed by atoms with Gasteiger partial charge in [-0.15, -0.1) is 10.2 Å². The molecule has 1 aliphatic heterocycles. The van der Waals surface area contributed by atoms with Crippen molar-refractivity contribution in [3.8, 4) is 0 Å². The van der Waals surface area contributed by atoms with Gasteiger partial charge in [-0.25, -0.2) is 0 Å². The molecule has 28 heavy (non-hydrogen) atoms. The normalized spacial score (nSPS) is 18.0. The molecule has 2 aromatic rings. The molecule has 1 fully saturated rings. The fourth-order valence-corrected chi connectivity index (χ4v) is 3.11. The van der Waals surface area contributed by atoms with Crippen LogP contribution in [0.15, 0.2) is 23.3 Å². The third-order valence-corrected chi connectivity index (χ3v) is 4.62. The van der Waals surface area contributed by atoms with Gasteiger partial charge in [-0.1, -0.05) is 6.92 Å². The summed E-state index contributed by atoms with van der Waals surface area (Å²) < 4.78 is 40.1. The Morgan fingerprint density at radius 3 is 2.82 bits per heavy atom. The summed E-state index contributed by atoms with van der Waals surface area (Å²) in [5.41, 5.74) is -0.438. The number of rotatable bonds is 4. The number of fused-ring (bicyclic) bond motifs is 1. The van der Waals surface area contributed by atoms with E-state index in [1.807, 2.05) is 6.92 Å². The van der Waals surface area contributed by atoms with Crippen LogP contribution < -0.4 is 10.6 Å². The van der Waals surface area contributed by atoms with Crippen LogP contribution >= 0.6 is 0 Å². The van der Waals surface area contributed by atoms with E-state index >= 15 is 0 Å². The van der Waals surface area contributed by atoms with Crippen LogP contribution in [0, 0.1) is 0 Å². The van der Waals surface area contributed by atoms with Crippen molar-refractivity contribution < 1.29 is 18.0 Å². The van der Waals surface area contributed by atoms with Gasteiger partial charge in [-0.2, -0.15) is 13.2 Å². The lowest BCUT2D eigenvalue weighted by atomic mass is 10.3. The molecule has 0 aliphatic carbocycles. The van der Waals surface area contributed by atoms with Gasteiger partial charge in [0.05, 0.1) is 12.1 Å². The maximum atomic E-state index is 12.9. The number of carbonyl (C=O) groups excluding carboxylic acids is 1. The molecule has 1 amide bonds. The van der Waals surface area contributed by atoms with Crippen molar-refractivity contribution in [3.05, 3.63) is 29.7 Å². The first-order valence-electron chi connectivity index (χ1n) is 8.97. The molecule has 152 valence electrons. The van der Waals surface area contributed by atoms with Crippen LogP contribution in [0.5, 0.6) is 0 Å². The van der Waals surface area contributed by atoms with Gasteiger partial charge in [-0.05, 0) is 18.6 Å². The predicted molar refractivity (Wildman–Crippen MR) is 96.6 cm³/mol. The molecule has 0 aromatic carbocycles. The number of nitrogens with one attached hydrogen (secondary N) is 2. The highest BCUT2D eigenvalue weighted by Gasteiger charge is 2.31. The minimum atomic E-state index is -4.44. The number of carbonyl (C=O) groups is 1. The van der Waals surface area contributed by atoms with Crippen LogP contribution in [0.2, 0.25) is 0 Å². The number of guanidine groups is 1. The van der Waals surface area contributed by atoms with E-state index in [2.05, 4.69) is 25.8 Å². The summed E-state index contributed by atoms with van der Waals surface area (Å²) in [6.07, 6.45) is -2.19. The Labute approximate surface area is 159 Å². The molecule has 2 aromatic heterocycles. The van der Waals surface area contributed by atoms with E-state index in [1.165, 1.54) is 10.5 Å². The highest BCUT2D eigenvalue weighted by atomic mass is 19.4. The zero-order valence-corrected chi connectivity index (χ0v) is 15.6. The van der Waals surface area contributed by atoms with E-state index in [4.69, 9.17) is 0 Å². The summed E-state index contributed by atoms with van der Waals surface area (Å²) in [5.74, 6) is 0.931. The molecule has 3 rings (SSSR count). The van der Waals surface area contributed by atoms with Gasteiger partial charge in [0.15, 0.2) is 17.4 Å². The molecule has 1 unspecified atom stereocenters. The summed E-state index contributed by atoms with van der Waals surface area (Å²) in [7, 11) is 1.60. The largest absolute Gasteiger partial charge is 0.417 e. The molecule has 1 saturated heterocycles. The average Bonchev–Trinajstić information content (AvgIpc) is 3.30. The van der Waals surface area contributed by atoms with E-state index in [0.29, 0.717) is 36.9 Å². The van der Waals surface area contributed by atoms with Gasteiger partial charge in [0, 0.05) is 38.8 Å². The van der Waals surface area contributed by atoms with Crippen molar-refractivity contribution in [2.24, 2.45) is 4.99 Å². The van der Waals surface area contributed by atoms with Gasteiger partial charge >= 0.3 is 6.18 Å². The van der Waals surface area contributed by atoms with Crippen LogP contribution in [-0.4, -0.2) is 57.5 Å². The summed E-state index contributed by atoms with van der Waals surface area (Å²) >= 11 is 0. The summed E-state index contributed by atoms with van der Waals surface area (Å²) in [6, 6.07) is 2.32. The Balaban J connectivity index is 1.63. The van der Waals surface area contributed by atoms with Crippen molar-refractivity contribution >= 4 is 17.5 Å². The summed E-state index contributed by atoms with van der Waals surface area (Å²) in [4.78, 5) is 17.7. The fourth-order valence-electron chi connectivity index (χ4n) is 3.11. The van der Waals surface area contributed by atoms with E-state index in [-0.39, 0.29) is 18.5 Å². The summed E-state index contributed by atoms with van der Waals surface area (Å²) in [5, 5.41) is 14.1. The molecule has 2 N–H and O–H groups in total. The van der Waals surface area contributed by atoms with Crippen LogP contribution in [0.25, 0.3) is 5.65 Å². The van der Waals surface area contributed by atoms with Crippen LogP contribution in [-0.2, 0) is 17.5 Å². The number of alkyl halides is 3. The van der Waals surface area contributed by atoms with Crippen molar-refractivity contribution in [2.45, 2.75) is 38.5 Å². The number of aromatic nitrogens is 3. The smallest absolute Gasteiger partial charge is 0.352 e. The van der Waals surface area contributed by atoms with E-state index in [0.717, 1.165) is 18.7 Å². The van der Waals surface area contributed by atoms with Crippen molar-refractivity contribution in [3.63, 3.8) is 0 Å². The van der Waals surface area contributed by atoms with Gasteiger partial charge < -0.3 is 15.5 Å². The lowest BCUT2D eigenvalue weighted by molar-refractivity contribution is -0.137. The van der Waals surface area contributed by atoms with Crippen LogP contribution in [0.4, 0.5) is 13.2 Å². The predicted octanol–water partition coefficient (Wildman–Crippen LogP) is 1.42. The zero-order chi connectivity index (χ0) is 20.3. The average molecular weight is 397 g/mol. The molecule has 1 atom stereocenters. The number of aliphatic imine (C=N–C) groups is 1. The Kier molecular flexibility index (Phi) is 5.71. The minimum absolute atomic E-state index is 0.0636.